The van der Waals surface area contributed by atoms with Crippen LogP contribution in [0.2, 0.25) is 0 Å². The fourth-order valence-electron chi connectivity index (χ4n) is 2.09. The summed E-state index contributed by atoms with van der Waals surface area (Å²) in [6, 6.07) is 7.61. The number of methoxy groups -OCH3 is 1. The van der Waals surface area contributed by atoms with Crippen LogP contribution in [0.5, 0.6) is 5.75 Å². The minimum atomic E-state index is 0.336. The van der Waals surface area contributed by atoms with E-state index in [0.717, 1.165) is 28.3 Å². The summed E-state index contributed by atoms with van der Waals surface area (Å²) in [5.74, 6) is 1.06. The first-order valence-corrected chi connectivity index (χ1v) is 7.19. The maximum Gasteiger partial charge on any atom is 0.180 e. The monoisotopic (exact) mass is 287 g/mol. The summed E-state index contributed by atoms with van der Waals surface area (Å²) in [4.78, 5) is 5.55. The predicted octanol–water partition coefficient (Wildman–Crippen LogP) is 3.32. The number of nitrogens with two attached hydrogens (primary N) is 1. The van der Waals surface area contributed by atoms with Crippen LogP contribution in [-0.4, -0.2) is 12.1 Å². The SMILES string of the molecule is COc1cc(C#N)ccc1Cc1sc(N)nc1C(C)C. The molecule has 1 aromatic heterocycles. The van der Waals surface area contributed by atoms with Crippen molar-refractivity contribution in [3.8, 4) is 11.8 Å². The number of nitrogens with zero attached hydrogens (tertiary/aromatic N) is 2. The van der Waals surface area contributed by atoms with Gasteiger partial charge in [0.2, 0.25) is 0 Å². The van der Waals surface area contributed by atoms with E-state index in [9.17, 15) is 0 Å². The average molecular weight is 287 g/mol. The van der Waals surface area contributed by atoms with Crippen molar-refractivity contribution in [3.63, 3.8) is 0 Å². The number of thiazole rings is 1. The summed E-state index contributed by atoms with van der Waals surface area (Å²) >= 11 is 1.51. The van der Waals surface area contributed by atoms with E-state index in [1.807, 2.05) is 6.07 Å². The normalized spacial score (nSPS) is 10.6. The Morgan fingerprint density at radius 2 is 2.20 bits per heavy atom. The molecule has 1 heterocycles. The van der Waals surface area contributed by atoms with Gasteiger partial charge in [-0.25, -0.2) is 4.98 Å². The zero-order chi connectivity index (χ0) is 14.7. The van der Waals surface area contributed by atoms with Crippen LogP contribution in [0.15, 0.2) is 18.2 Å². The average Bonchev–Trinajstić information content (AvgIpc) is 2.80. The van der Waals surface area contributed by atoms with Gasteiger partial charge in [-0.15, -0.1) is 11.3 Å². The van der Waals surface area contributed by atoms with Crippen molar-refractivity contribution >= 4 is 16.5 Å². The van der Waals surface area contributed by atoms with Crippen molar-refractivity contribution < 1.29 is 4.74 Å². The van der Waals surface area contributed by atoms with Gasteiger partial charge in [0.1, 0.15) is 5.75 Å². The molecule has 0 amide bonds. The van der Waals surface area contributed by atoms with E-state index in [-0.39, 0.29) is 0 Å². The predicted molar refractivity (Wildman–Crippen MR) is 81.1 cm³/mol. The maximum atomic E-state index is 8.93. The summed E-state index contributed by atoms with van der Waals surface area (Å²) in [7, 11) is 1.62. The molecular formula is C15H17N3OS. The van der Waals surface area contributed by atoms with Gasteiger partial charge in [-0.2, -0.15) is 5.26 Å². The molecule has 0 atom stereocenters. The quantitative estimate of drug-likeness (QED) is 0.936. The zero-order valence-electron chi connectivity index (χ0n) is 11.8. The topological polar surface area (TPSA) is 71.9 Å². The molecule has 0 aliphatic rings. The van der Waals surface area contributed by atoms with Crippen molar-refractivity contribution in [1.29, 1.82) is 5.26 Å². The highest BCUT2D eigenvalue weighted by Gasteiger charge is 2.15. The molecular weight excluding hydrogens is 270 g/mol. The van der Waals surface area contributed by atoms with Gasteiger partial charge in [0.25, 0.3) is 0 Å². The minimum Gasteiger partial charge on any atom is -0.496 e. The van der Waals surface area contributed by atoms with Gasteiger partial charge in [-0.1, -0.05) is 19.9 Å². The van der Waals surface area contributed by atoms with Crippen LogP contribution < -0.4 is 10.5 Å². The van der Waals surface area contributed by atoms with Crippen LogP contribution in [0, 0.1) is 11.3 Å². The fraction of sp³-hybridized carbons (Fsp3) is 0.333. The van der Waals surface area contributed by atoms with Gasteiger partial charge in [0.15, 0.2) is 5.13 Å². The molecule has 2 rings (SSSR count). The Balaban J connectivity index is 2.37. The van der Waals surface area contributed by atoms with Gasteiger partial charge in [-0.05, 0) is 23.6 Å². The molecule has 5 heteroatoms. The lowest BCUT2D eigenvalue weighted by molar-refractivity contribution is 0.410. The lowest BCUT2D eigenvalue weighted by atomic mass is 10.0. The molecule has 1 aromatic carbocycles. The van der Waals surface area contributed by atoms with Crippen molar-refractivity contribution in [3.05, 3.63) is 39.9 Å². The first-order valence-electron chi connectivity index (χ1n) is 6.37. The van der Waals surface area contributed by atoms with E-state index in [4.69, 9.17) is 15.7 Å². The molecule has 2 aromatic rings. The highest BCUT2D eigenvalue weighted by molar-refractivity contribution is 7.15. The van der Waals surface area contributed by atoms with E-state index in [1.165, 1.54) is 11.3 Å². The Bertz CT molecular complexity index is 656. The second-order valence-electron chi connectivity index (χ2n) is 4.83. The molecule has 0 aliphatic carbocycles. The lowest BCUT2D eigenvalue weighted by Crippen LogP contribution is -1.98. The van der Waals surface area contributed by atoms with Gasteiger partial charge in [0, 0.05) is 11.3 Å². The number of anilines is 1. The number of ether oxygens (including phenoxy) is 1. The Morgan fingerprint density at radius 3 is 2.80 bits per heavy atom. The van der Waals surface area contributed by atoms with E-state index in [2.05, 4.69) is 24.9 Å². The molecule has 104 valence electrons. The smallest absolute Gasteiger partial charge is 0.180 e. The maximum absolute atomic E-state index is 8.93. The van der Waals surface area contributed by atoms with Crippen LogP contribution in [0.25, 0.3) is 0 Å². The highest BCUT2D eigenvalue weighted by atomic mass is 32.1. The second-order valence-corrected chi connectivity index (χ2v) is 5.95. The molecule has 0 radical (unpaired) electrons. The number of nitriles is 1. The van der Waals surface area contributed by atoms with Gasteiger partial charge in [0.05, 0.1) is 24.4 Å². The summed E-state index contributed by atoms with van der Waals surface area (Å²) in [6.45, 7) is 4.21. The van der Waals surface area contributed by atoms with E-state index >= 15 is 0 Å². The number of hydrogen-bond acceptors (Lipinski definition) is 5. The van der Waals surface area contributed by atoms with E-state index in [1.54, 1.807) is 19.2 Å². The molecule has 0 fully saturated rings. The standard InChI is InChI=1S/C15H17N3OS/c1-9(2)14-13(20-15(17)18-14)7-11-5-4-10(8-16)6-12(11)19-3/h4-6,9H,7H2,1-3H3,(H2,17,18). The van der Waals surface area contributed by atoms with Crippen molar-refractivity contribution in [2.24, 2.45) is 0 Å². The third kappa shape index (κ3) is 2.91. The minimum absolute atomic E-state index is 0.336. The van der Waals surface area contributed by atoms with Crippen molar-refractivity contribution in [1.82, 2.24) is 4.98 Å². The van der Waals surface area contributed by atoms with Crippen LogP contribution in [0.3, 0.4) is 0 Å². The first kappa shape index (κ1) is 14.4. The zero-order valence-corrected chi connectivity index (χ0v) is 12.6. The van der Waals surface area contributed by atoms with Crippen molar-refractivity contribution in [2.45, 2.75) is 26.2 Å². The van der Waals surface area contributed by atoms with Crippen LogP contribution in [0.4, 0.5) is 5.13 Å². The molecule has 0 aliphatic heterocycles. The molecule has 4 nitrogen and oxygen atoms in total. The number of benzene rings is 1. The van der Waals surface area contributed by atoms with Crippen LogP contribution in [-0.2, 0) is 6.42 Å². The first-order chi connectivity index (χ1) is 9.55. The Kier molecular flexibility index (Phi) is 4.26. The number of nitrogen functional groups attached to an aromatic ring is 1. The third-order valence-electron chi connectivity index (χ3n) is 3.06. The summed E-state index contributed by atoms with van der Waals surface area (Å²) in [5, 5.41) is 9.52. The van der Waals surface area contributed by atoms with Gasteiger partial charge < -0.3 is 10.5 Å². The largest absolute Gasteiger partial charge is 0.496 e. The molecule has 0 bridgehead atoms. The van der Waals surface area contributed by atoms with Gasteiger partial charge in [-0.3, -0.25) is 0 Å². The summed E-state index contributed by atoms with van der Waals surface area (Å²) in [5.41, 5.74) is 8.50. The lowest BCUT2D eigenvalue weighted by Gasteiger charge is -2.09. The highest BCUT2D eigenvalue weighted by Crippen LogP contribution is 2.31. The Labute approximate surface area is 122 Å². The molecule has 0 unspecified atom stereocenters. The van der Waals surface area contributed by atoms with E-state index in [0.29, 0.717) is 16.6 Å². The van der Waals surface area contributed by atoms with Crippen molar-refractivity contribution in [2.75, 3.05) is 12.8 Å². The molecule has 0 saturated carbocycles. The number of hydrogen-bond donors (Lipinski definition) is 1. The number of aromatic nitrogens is 1. The molecule has 20 heavy (non-hydrogen) atoms. The Hall–Kier alpha value is -2.06. The second kappa shape index (κ2) is 5.93. The number of rotatable bonds is 4. The fourth-order valence-corrected chi connectivity index (χ4v) is 3.10. The molecule has 0 spiro atoms. The summed E-state index contributed by atoms with van der Waals surface area (Å²) < 4.78 is 5.37. The van der Waals surface area contributed by atoms with Crippen LogP contribution in [0.1, 0.15) is 41.5 Å². The van der Waals surface area contributed by atoms with Gasteiger partial charge >= 0.3 is 0 Å². The van der Waals surface area contributed by atoms with Crippen LogP contribution >= 0.6 is 11.3 Å². The van der Waals surface area contributed by atoms with E-state index < -0.39 is 0 Å². The summed E-state index contributed by atoms with van der Waals surface area (Å²) in [6.07, 6.45) is 0.720. The Morgan fingerprint density at radius 1 is 1.45 bits per heavy atom. The third-order valence-corrected chi connectivity index (χ3v) is 3.96. The molecule has 0 saturated heterocycles. The molecule has 2 N–H and O–H groups in total.